The second-order valence-corrected chi connectivity index (χ2v) is 11.6. The smallest absolute Gasteiger partial charge is 0.335 e. The number of nitrogens with zero attached hydrogens (tertiary/aromatic N) is 6. The van der Waals surface area contributed by atoms with Crippen molar-refractivity contribution in [3.63, 3.8) is 0 Å². The fraction of sp³-hybridized carbons (Fsp3) is 0.406. The molecule has 43 heavy (non-hydrogen) atoms. The monoisotopic (exact) mass is 580 g/mol. The summed E-state index contributed by atoms with van der Waals surface area (Å²) in [6.07, 6.45) is 4.94. The summed E-state index contributed by atoms with van der Waals surface area (Å²) in [6.45, 7) is 4.22. The number of rotatable bonds is 10. The first-order valence-electron chi connectivity index (χ1n) is 14.6. The van der Waals surface area contributed by atoms with Crippen LogP contribution < -0.4 is 9.47 Å². The van der Waals surface area contributed by atoms with Crippen molar-refractivity contribution in [1.82, 2.24) is 24.4 Å². The fourth-order valence-corrected chi connectivity index (χ4v) is 6.50. The average Bonchev–Trinajstić information content (AvgIpc) is 3.65. The molecule has 2 aromatic carbocycles. The molecule has 0 bridgehead atoms. The van der Waals surface area contributed by atoms with E-state index < -0.39 is 5.97 Å². The molecule has 1 aliphatic carbocycles. The van der Waals surface area contributed by atoms with Gasteiger partial charge < -0.3 is 23.9 Å². The quantitative estimate of drug-likeness (QED) is 0.294. The van der Waals surface area contributed by atoms with Crippen LogP contribution in [0.25, 0.3) is 11.0 Å². The highest BCUT2D eigenvalue weighted by molar-refractivity contribution is 5.92. The molecule has 4 heterocycles. The van der Waals surface area contributed by atoms with Gasteiger partial charge in [0.05, 0.1) is 60.2 Å². The summed E-state index contributed by atoms with van der Waals surface area (Å²) in [7, 11) is 1.57. The summed E-state index contributed by atoms with van der Waals surface area (Å²) in [5.41, 5.74) is 4.31. The number of ether oxygens (including phenoxy) is 3. The van der Waals surface area contributed by atoms with Gasteiger partial charge in [-0.15, -0.1) is 0 Å². The number of hydrogen-bond acceptors (Lipinski definition) is 9. The number of aromatic carboxylic acids is 1. The zero-order valence-corrected chi connectivity index (χ0v) is 23.9. The minimum atomic E-state index is -0.940. The molecule has 0 radical (unpaired) electrons. The van der Waals surface area contributed by atoms with Crippen molar-refractivity contribution >= 4 is 17.0 Å². The van der Waals surface area contributed by atoms with Crippen LogP contribution in [-0.4, -0.2) is 68.4 Å². The number of fused-ring (bicyclic) bond motifs is 2. The molecule has 0 amide bonds. The number of aromatic nitrogens is 4. The first kappa shape index (κ1) is 27.3. The van der Waals surface area contributed by atoms with Gasteiger partial charge in [-0.2, -0.15) is 10.2 Å². The number of nitriles is 1. The van der Waals surface area contributed by atoms with Crippen molar-refractivity contribution in [2.75, 3.05) is 26.8 Å². The number of imidazole rings is 1. The molecular formula is C32H32N6O5. The van der Waals surface area contributed by atoms with Gasteiger partial charge >= 0.3 is 12.0 Å². The van der Waals surface area contributed by atoms with Crippen LogP contribution >= 0.6 is 0 Å². The second kappa shape index (κ2) is 10.9. The average molecular weight is 581 g/mol. The molecular weight excluding hydrogens is 548 g/mol. The Hall–Kier alpha value is -4.53. The van der Waals surface area contributed by atoms with Crippen molar-refractivity contribution in [2.24, 2.45) is 5.92 Å². The van der Waals surface area contributed by atoms with Gasteiger partial charge in [-0.05, 0) is 68.1 Å². The van der Waals surface area contributed by atoms with Gasteiger partial charge in [-0.1, -0.05) is 6.07 Å². The number of likely N-dealkylation sites (tertiary alicyclic amines) is 1. The van der Waals surface area contributed by atoms with Crippen LogP contribution in [0.5, 0.6) is 11.8 Å². The molecule has 1 N–H and O–H groups in total. The van der Waals surface area contributed by atoms with Crippen LogP contribution in [0.1, 0.15) is 52.3 Å². The van der Waals surface area contributed by atoms with Gasteiger partial charge in [0.15, 0.2) is 0 Å². The van der Waals surface area contributed by atoms with Crippen molar-refractivity contribution < 1.29 is 24.1 Å². The predicted octanol–water partition coefficient (Wildman–Crippen LogP) is 3.94. The van der Waals surface area contributed by atoms with Crippen molar-refractivity contribution in [3.8, 4) is 17.8 Å². The maximum atomic E-state index is 11.6. The Morgan fingerprint density at radius 2 is 2.12 bits per heavy atom. The molecule has 220 valence electrons. The van der Waals surface area contributed by atoms with Gasteiger partial charge in [-0.25, -0.2) is 14.8 Å². The molecule has 0 spiro atoms. The van der Waals surface area contributed by atoms with Crippen molar-refractivity contribution in [3.05, 3.63) is 76.9 Å². The lowest BCUT2D eigenvalue weighted by Crippen LogP contribution is -2.37. The molecule has 2 saturated heterocycles. The third-order valence-electron chi connectivity index (χ3n) is 9.12. The highest BCUT2D eigenvalue weighted by Crippen LogP contribution is 2.58. The Labute approximate surface area is 248 Å². The van der Waals surface area contributed by atoms with Gasteiger partial charge in [0, 0.05) is 30.3 Å². The lowest BCUT2D eigenvalue weighted by molar-refractivity contribution is -0.0592. The van der Waals surface area contributed by atoms with Crippen LogP contribution in [-0.2, 0) is 29.8 Å². The maximum Gasteiger partial charge on any atom is 0.335 e. The molecule has 2 aromatic heterocycles. The highest BCUT2D eigenvalue weighted by atomic mass is 16.5. The van der Waals surface area contributed by atoms with E-state index in [1.165, 1.54) is 0 Å². The Kier molecular flexibility index (Phi) is 6.95. The zero-order chi connectivity index (χ0) is 29.6. The molecule has 4 aromatic rings. The molecule has 11 heteroatoms. The summed E-state index contributed by atoms with van der Waals surface area (Å²) in [5.74, 6) is 1.08. The number of carboxylic acid groups (broad SMARTS) is 1. The fourth-order valence-electron chi connectivity index (χ4n) is 6.50. The van der Waals surface area contributed by atoms with E-state index in [2.05, 4.69) is 20.5 Å². The zero-order valence-electron chi connectivity index (χ0n) is 23.9. The van der Waals surface area contributed by atoms with Crippen LogP contribution in [0.2, 0.25) is 0 Å². The number of benzene rings is 2. The van der Waals surface area contributed by atoms with E-state index in [9.17, 15) is 9.90 Å². The molecule has 3 atom stereocenters. The first-order chi connectivity index (χ1) is 21.0. The number of methoxy groups -OCH3 is 1. The molecule has 1 saturated carbocycles. The van der Waals surface area contributed by atoms with Gasteiger partial charge in [0.25, 0.3) is 0 Å². The maximum absolute atomic E-state index is 11.6. The molecule has 7 rings (SSSR count). The van der Waals surface area contributed by atoms with Crippen LogP contribution in [0.3, 0.4) is 0 Å². The Morgan fingerprint density at radius 3 is 2.86 bits per heavy atom. The summed E-state index contributed by atoms with van der Waals surface area (Å²) in [4.78, 5) is 28.2. The standard InChI is InChI=1S/C32H32N6O5/c1-41-27-12-20(15-33)2-3-22(27)19-43-31-34-9-6-28(36-31)32-8-10-37(16-23(32)14-32)18-29-35-25-5-4-21(30(39)40)13-26(25)38(29)17-24-7-11-42-24/h2-6,9,12-13,23-24H,7-8,10-11,14,16-19H2,1H3,(H,39,40)/t23?,24-,32?/m0/s1. The minimum absolute atomic E-state index is 0.0278. The van der Waals surface area contributed by atoms with Crippen LogP contribution in [0.4, 0.5) is 0 Å². The second-order valence-electron chi connectivity index (χ2n) is 11.6. The Bertz CT molecular complexity index is 1740. The van der Waals surface area contributed by atoms with Gasteiger partial charge in [0.1, 0.15) is 18.2 Å². The topological polar surface area (TPSA) is 136 Å². The minimum Gasteiger partial charge on any atom is -0.496 e. The summed E-state index contributed by atoms with van der Waals surface area (Å²) in [6, 6.07) is 14.9. The largest absolute Gasteiger partial charge is 0.496 e. The molecule has 2 unspecified atom stereocenters. The van der Waals surface area contributed by atoms with E-state index in [0.29, 0.717) is 36.3 Å². The SMILES string of the molecule is COc1cc(C#N)ccc1COc1nccc(C23CCN(Cc4nc5ccc(C(=O)O)cc5n4C[C@@H]4CCO4)CC2C3)n1. The van der Waals surface area contributed by atoms with Crippen molar-refractivity contribution in [1.29, 1.82) is 5.26 Å². The summed E-state index contributed by atoms with van der Waals surface area (Å²) in [5, 5.41) is 18.7. The highest BCUT2D eigenvalue weighted by Gasteiger charge is 2.58. The van der Waals surface area contributed by atoms with E-state index >= 15 is 0 Å². The molecule has 2 aliphatic heterocycles. The van der Waals surface area contributed by atoms with E-state index in [1.807, 2.05) is 12.1 Å². The third kappa shape index (κ3) is 5.17. The molecule has 11 nitrogen and oxygen atoms in total. The van der Waals surface area contributed by atoms with Crippen molar-refractivity contribution in [2.45, 2.75) is 50.5 Å². The van der Waals surface area contributed by atoms with Crippen LogP contribution in [0, 0.1) is 17.2 Å². The lowest BCUT2D eigenvalue weighted by atomic mass is 9.91. The number of carbonyl (C=O) groups is 1. The van der Waals surface area contributed by atoms with Crippen LogP contribution in [0.15, 0.2) is 48.7 Å². The number of carboxylic acids is 1. The molecule has 3 fully saturated rings. The van der Waals surface area contributed by atoms with E-state index in [1.54, 1.807) is 43.6 Å². The van der Waals surface area contributed by atoms with E-state index in [-0.39, 0.29) is 23.7 Å². The predicted molar refractivity (Wildman–Crippen MR) is 155 cm³/mol. The Morgan fingerprint density at radius 1 is 1.23 bits per heavy atom. The number of piperidine rings is 1. The third-order valence-corrected chi connectivity index (χ3v) is 9.12. The first-order valence-corrected chi connectivity index (χ1v) is 14.6. The Balaban J connectivity index is 1.04. The summed E-state index contributed by atoms with van der Waals surface area (Å²) >= 11 is 0. The lowest BCUT2D eigenvalue weighted by Gasteiger charge is -2.32. The number of hydrogen-bond donors (Lipinski definition) is 1. The summed E-state index contributed by atoms with van der Waals surface area (Å²) < 4.78 is 19.3. The van der Waals surface area contributed by atoms with Gasteiger partial charge in [0.2, 0.25) is 0 Å². The van der Waals surface area contributed by atoms with Gasteiger partial charge in [-0.3, -0.25) is 4.90 Å². The van der Waals surface area contributed by atoms with E-state index in [4.69, 9.17) is 29.4 Å². The molecule has 3 aliphatic rings. The normalized spacial score (nSPS) is 22.8. The van der Waals surface area contributed by atoms with E-state index in [0.717, 1.165) is 67.1 Å².